The molecule has 0 aromatic carbocycles. The van der Waals surface area contributed by atoms with Gasteiger partial charge in [0.15, 0.2) is 11.9 Å². The van der Waals surface area contributed by atoms with E-state index in [-0.39, 0.29) is 44.8 Å². The van der Waals surface area contributed by atoms with E-state index in [1.807, 2.05) is 0 Å². The number of quaternary nitrogens is 1. The number of esters is 1. The molecule has 19 heteroatoms. The van der Waals surface area contributed by atoms with Crippen LogP contribution in [0.4, 0.5) is 0 Å². The van der Waals surface area contributed by atoms with Crippen molar-refractivity contribution in [1.29, 1.82) is 0 Å². The Balaban J connectivity index is 5.39. The van der Waals surface area contributed by atoms with Crippen molar-refractivity contribution < 1.29 is 69.6 Å². The van der Waals surface area contributed by atoms with Crippen molar-refractivity contribution in [3.05, 3.63) is 0 Å². The third kappa shape index (κ3) is 17.8. The number of ketones is 1. The molecule has 0 aliphatic heterocycles. The van der Waals surface area contributed by atoms with E-state index < -0.39 is 96.2 Å². The largest absolute Gasteiger partial charge is 0.550 e. The van der Waals surface area contributed by atoms with Gasteiger partial charge >= 0.3 is 5.97 Å². The number of aliphatic carboxylic acids is 1. The molecule has 0 aromatic rings. The van der Waals surface area contributed by atoms with Gasteiger partial charge in [0.1, 0.15) is 36.4 Å². The summed E-state index contributed by atoms with van der Waals surface area (Å²) in [5, 5.41) is 63.8. The highest BCUT2D eigenvalue weighted by Crippen LogP contribution is 2.11. The van der Waals surface area contributed by atoms with Crippen molar-refractivity contribution in [3.63, 3.8) is 0 Å². The van der Waals surface area contributed by atoms with Crippen molar-refractivity contribution in [2.75, 3.05) is 26.7 Å². The highest BCUT2D eigenvalue weighted by molar-refractivity contribution is 5.95. The Morgan fingerprint density at radius 1 is 0.720 bits per heavy atom. The number of rotatable bonds is 26. The van der Waals surface area contributed by atoms with E-state index in [0.29, 0.717) is 19.4 Å². The average molecular weight is 721 g/mol. The average Bonchev–Trinajstić information content (AvgIpc) is 3.06. The highest BCUT2D eigenvalue weighted by Gasteiger charge is 2.38. The second-order valence-corrected chi connectivity index (χ2v) is 12.4. The molecule has 0 fully saturated rings. The summed E-state index contributed by atoms with van der Waals surface area (Å²) in [4.78, 5) is 86.6. The van der Waals surface area contributed by atoms with E-state index in [1.165, 1.54) is 13.8 Å². The molecule has 0 rings (SSSR count). The number of hydrogen-bond acceptors (Lipinski definition) is 14. The molecular weight excluding hydrogens is 664 g/mol. The smallest absolute Gasteiger partial charge is 0.328 e. The third-order valence-corrected chi connectivity index (χ3v) is 7.47. The van der Waals surface area contributed by atoms with Crippen molar-refractivity contribution in [2.24, 2.45) is 5.92 Å². The molecule has 0 aliphatic rings. The van der Waals surface area contributed by atoms with Crippen LogP contribution >= 0.6 is 0 Å². The summed E-state index contributed by atoms with van der Waals surface area (Å²) in [6, 6.07) is -4.04. The van der Waals surface area contributed by atoms with Gasteiger partial charge in [-0.2, -0.15) is 0 Å². The predicted molar refractivity (Wildman–Crippen MR) is 173 cm³/mol. The fourth-order valence-corrected chi connectivity index (χ4v) is 4.48. The summed E-state index contributed by atoms with van der Waals surface area (Å²) in [5.41, 5.74) is 3.74. The lowest BCUT2D eigenvalue weighted by Gasteiger charge is -2.26. The molecule has 0 bridgehead atoms. The number of carbonyl (C=O) groups excluding carboxylic acids is 7. The van der Waals surface area contributed by atoms with Gasteiger partial charge in [0, 0.05) is 30.9 Å². The molecule has 288 valence electrons. The van der Waals surface area contributed by atoms with Crippen LogP contribution in [-0.2, 0) is 38.3 Å². The third-order valence-electron chi connectivity index (χ3n) is 7.47. The molecule has 0 spiro atoms. The van der Waals surface area contributed by atoms with Crippen LogP contribution in [0.2, 0.25) is 0 Å². The number of unbranched alkanes of at least 4 members (excludes halogenated alkanes) is 2. The lowest BCUT2D eigenvalue weighted by atomic mass is 9.94. The summed E-state index contributed by atoms with van der Waals surface area (Å²) in [7, 11) is 1.10. The maximum atomic E-state index is 13.3. The minimum Gasteiger partial charge on any atom is -0.550 e. The van der Waals surface area contributed by atoms with Crippen molar-refractivity contribution >= 4 is 41.4 Å². The molecule has 0 aromatic heterocycles. The standard InChI is InChI=1S/C31H56N6O13/c1-16(2)23(41)24(42)25(43)26(44)27(45)30(48)33-13-9-7-11-19(31(49)50-5)37-28(46)18(10-6-8-12-32)36-29(47)20(14-22(39)40)35-21(38)15-34-17(3)4/h16-20,24-27,34,42-45H,6-15,32H2,1-5H3,(H,33,48)(H,35,38)(H,36,47)(H,37,46)(H,39,40)/t18-,19-,20-,24?,25?,26?,27?/m0/s1. The van der Waals surface area contributed by atoms with E-state index in [0.717, 1.165) is 7.11 Å². The van der Waals surface area contributed by atoms with Gasteiger partial charge in [-0.25, -0.2) is 4.79 Å². The molecule has 4 amide bonds. The number of aliphatic hydroxyl groups is 4. The Bertz CT molecular complexity index is 1120. The molecule has 50 heavy (non-hydrogen) atoms. The fourth-order valence-electron chi connectivity index (χ4n) is 4.48. The van der Waals surface area contributed by atoms with Crippen LogP contribution in [0.15, 0.2) is 0 Å². The highest BCUT2D eigenvalue weighted by atomic mass is 16.5. The molecule has 19 nitrogen and oxygen atoms in total. The molecule has 0 saturated heterocycles. The van der Waals surface area contributed by atoms with Crippen LogP contribution in [0.3, 0.4) is 0 Å². The first-order valence-electron chi connectivity index (χ1n) is 16.6. The lowest BCUT2D eigenvalue weighted by Crippen LogP contribution is -2.57. The SMILES string of the molecule is COC(=O)[C@H](CCCCNC(=O)C(O)C(O)C(O)C(O)C(=O)C(C)C)NC(=O)[C@H](CCCC[NH3+])NC(=O)[C@H](CC(=O)[O-])NC(=O)CNC(C)C. The van der Waals surface area contributed by atoms with Gasteiger partial charge in [-0.1, -0.05) is 27.7 Å². The summed E-state index contributed by atoms with van der Waals surface area (Å²) in [6.45, 7) is 6.76. The molecule has 0 radical (unpaired) electrons. The van der Waals surface area contributed by atoms with Crippen molar-refractivity contribution in [3.8, 4) is 0 Å². The maximum Gasteiger partial charge on any atom is 0.328 e. The minimum atomic E-state index is -2.17. The Kier molecular flexibility index (Phi) is 22.6. The first-order chi connectivity index (χ1) is 23.4. The van der Waals surface area contributed by atoms with Crippen LogP contribution in [0, 0.1) is 5.92 Å². The van der Waals surface area contributed by atoms with Gasteiger partial charge in [-0.05, 0) is 38.5 Å². The van der Waals surface area contributed by atoms with E-state index in [2.05, 4.69) is 32.3 Å². The Morgan fingerprint density at radius 3 is 1.80 bits per heavy atom. The summed E-state index contributed by atoms with van der Waals surface area (Å²) in [6.07, 6.45) is -7.78. The van der Waals surface area contributed by atoms with Gasteiger partial charge in [0.2, 0.25) is 17.7 Å². The summed E-state index contributed by atoms with van der Waals surface area (Å²) in [5.74, 6) is -7.36. The van der Waals surface area contributed by atoms with Crippen molar-refractivity contribution in [2.45, 2.75) is 121 Å². The van der Waals surface area contributed by atoms with Crippen LogP contribution in [0.5, 0.6) is 0 Å². The zero-order valence-corrected chi connectivity index (χ0v) is 29.4. The monoisotopic (exact) mass is 720 g/mol. The first kappa shape index (κ1) is 46.2. The molecule has 7 atom stereocenters. The van der Waals surface area contributed by atoms with Crippen LogP contribution in [-0.4, -0.2) is 137 Å². The first-order valence-corrected chi connectivity index (χ1v) is 16.6. The zero-order chi connectivity index (χ0) is 38.6. The van der Waals surface area contributed by atoms with E-state index >= 15 is 0 Å². The lowest BCUT2D eigenvalue weighted by molar-refractivity contribution is -0.368. The number of ether oxygens (including phenoxy) is 1. The molecule has 0 heterocycles. The van der Waals surface area contributed by atoms with E-state index in [1.54, 1.807) is 13.8 Å². The number of methoxy groups -OCH3 is 1. The second-order valence-electron chi connectivity index (χ2n) is 12.4. The molecule has 4 unspecified atom stereocenters. The van der Waals surface area contributed by atoms with E-state index in [4.69, 9.17) is 4.74 Å². The molecular formula is C31H56N6O13. The number of carbonyl (C=O) groups is 7. The number of nitrogens with one attached hydrogen (secondary N) is 5. The number of aliphatic hydroxyl groups excluding tert-OH is 4. The van der Waals surface area contributed by atoms with Gasteiger partial charge in [0.25, 0.3) is 5.91 Å². The van der Waals surface area contributed by atoms with Crippen molar-refractivity contribution in [1.82, 2.24) is 26.6 Å². The van der Waals surface area contributed by atoms with Crippen LogP contribution in [0.25, 0.3) is 0 Å². The number of carboxylic acid groups (broad SMARTS) is 1. The topological polar surface area (TPSA) is 320 Å². The molecule has 0 saturated carbocycles. The van der Waals surface area contributed by atoms with Crippen LogP contribution in [0.1, 0.15) is 72.6 Å². The number of amides is 4. The van der Waals surface area contributed by atoms with Gasteiger partial charge < -0.3 is 67.4 Å². The number of carboxylic acids is 1. The minimum absolute atomic E-state index is 0.00739. The summed E-state index contributed by atoms with van der Waals surface area (Å²) < 4.78 is 4.79. The predicted octanol–water partition coefficient (Wildman–Crippen LogP) is -5.88. The Labute approximate surface area is 291 Å². The fraction of sp³-hybridized carbons (Fsp3) is 0.774. The summed E-state index contributed by atoms with van der Waals surface area (Å²) >= 11 is 0. The molecule has 12 N–H and O–H groups in total. The quantitative estimate of drug-likeness (QED) is 0.0294. The zero-order valence-electron chi connectivity index (χ0n) is 29.4. The second kappa shape index (κ2) is 24.4. The van der Waals surface area contributed by atoms with Gasteiger partial charge in [0.05, 0.1) is 20.2 Å². The molecule has 0 aliphatic carbocycles. The normalized spacial score (nSPS) is 15.5. The number of Topliss-reactive ketones (excluding diaryl/α,β-unsaturated/α-hetero) is 1. The maximum absolute atomic E-state index is 13.3. The van der Waals surface area contributed by atoms with Gasteiger partial charge in [-0.15, -0.1) is 0 Å². The van der Waals surface area contributed by atoms with Gasteiger partial charge in [-0.3, -0.25) is 24.0 Å². The Hall–Kier alpha value is -3.75. The Morgan fingerprint density at radius 2 is 1.26 bits per heavy atom. The van der Waals surface area contributed by atoms with Crippen LogP contribution < -0.4 is 37.4 Å². The van der Waals surface area contributed by atoms with E-state index in [9.17, 15) is 59.1 Å². The number of hydrogen-bond donors (Lipinski definition) is 10.